The van der Waals surface area contributed by atoms with E-state index in [-0.39, 0.29) is 18.4 Å². The predicted molar refractivity (Wildman–Crippen MR) is 120 cm³/mol. The first-order chi connectivity index (χ1) is 15.0. The maximum atomic E-state index is 13.0. The molecule has 3 aromatic carbocycles. The zero-order chi connectivity index (χ0) is 22.1. The summed E-state index contributed by atoms with van der Waals surface area (Å²) in [7, 11) is 0. The largest absolute Gasteiger partial charge is 0.489 e. The molecule has 1 unspecified atom stereocenters. The fourth-order valence-electron chi connectivity index (χ4n) is 3.39. The Labute approximate surface area is 182 Å². The van der Waals surface area contributed by atoms with Crippen LogP contribution in [0.1, 0.15) is 40.4 Å². The molecule has 0 heterocycles. The molecule has 1 amide bonds. The molecule has 0 bridgehead atoms. The molecule has 2 N–H and O–H groups in total. The van der Waals surface area contributed by atoms with Gasteiger partial charge in [-0.05, 0) is 54.7 Å². The highest BCUT2D eigenvalue weighted by molar-refractivity contribution is 5.96. The van der Waals surface area contributed by atoms with E-state index in [2.05, 4.69) is 5.32 Å². The van der Waals surface area contributed by atoms with Crippen LogP contribution in [0.15, 0.2) is 78.9 Å². The van der Waals surface area contributed by atoms with E-state index in [4.69, 9.17) is 9.84 Å². The van der Waals surface area contributed by atoms with E-state index in [1.165, 1.54) is 0 Å². The van der Waals surface area contributed by atoms with Crippen LogP contribution in [-0.2, 0) is 24.2 Å². The van der Waals surface area contributed by atoms with Gasteiger partial charge in [0.1, 0.15) is 12.4 Å². The van der Waals surface area contributed by atoms with Crippen molar-refractivity contribution in [3.63, 3.8) is 0 Å². The smallest absolute Gasteiger partial charge is 0.303 e. The molecule has 160 valence electrons. The first-order valence-corrected chi connectivity index (χ1v) is 10.4. The van der Waals surface area contributed by atoms with E-state index in [1.54, 1.807) is 6.07 Å². The van der Waals surface area contributed by atoms with Gasteiger partial charge in [0, 0.05) is 18.0 Å². The molecule has 0 aliphatic heterocycles. The van der Waals surface area contributed by atoms with Crippen molar-refractivity contribution in [2.24, 2.45) is 0 Å². The predicted octanol–water partition coefficient (Wildman–Crippen LogP) is 4.64. The van der Waals surface area contributed by atoms with Crippen LogP contribution in [-0.4, -0.2) is 23.0 Å². The van der Waals surface area contributed by atoms with E-state index in [1.807, 2.05) is 79.7 Å². The lowest BCUT2D eigenvalue weighted by Gasteiger charge is -2.17. The van der Waals surface area contributed by atoms with E-state index in [9.17, 15) is 9.59 Å². The van der Waals surface area contributed by atoms with Crippen LogP contribution in [0.4, 0.5) is 0 Å². The van der Waals surface area contributed by atoms with Gasteiger partial charge in [-0.3, -0.25) is 9.59 Å². The molecule has 0 fully saturated rings. The summed E-state index contributed by atoms with van der Waals surface area (Å²) < 4.78 is 5.80. The quantitative estimate of drug-likeness (QED) is 0.504. The number of aryl methyl sites for hydroxylation is 1. The number of rotatable bonds is 10. The standard InChI is InChI=1S/C26H27NO4/c1-19(16-20-8-4-2-5-9-20)27-26(30)24-17-21(12-13-22(24)14-15-25(28)29)18-31-23-10-6-3-7-11-23/h2-13,17,19H,14-16,18H2,1H3,(H,27,30)(H,28,29). The molecule has 0 radical (unpaired) electrons. The van der Waals surface area contributed by atoms with Gasteiger partial charge >= 0.3 is 5.97 Å². The fourth-order valence-corrected chi connectivity index (χ4v) is 3.39. The summed E-state index contributed by atoms with van der Waals surface area (Å²) >= 11 is 0. The van der Waals surface area contributed by atoms with Gasteiger partial charge in [0.2, 0.25) is 0 Å². The lowest BCUT2D eigenvalue weighted by atomic mass is 9.98. The van der Waals surface area contributed by atoms with Crippen LogP contribution in [0.3, 0.4) is 0 Å². The van der Waals surface area contributed by atoms with E-state index < -0.39 is 5.97 Å². The van der Waals surface area contributed by atoms with Crippen molar-refractivity contribution in [3.05, 3.63) is 101 Å². The summed E-state index contributed by atoms with van der Waals surface area (Å²) in [5.74, 6) is -0.342. The molecular weight excluding hydrogens is 390 g/mol. The molecule has 0 saturated heterocycles. The summed E-state index contributed by atoms with van der Waals surface area (Å²) in [6, 6.07) is 24.9. The second kappa shape index (κ2) is 11.0. The minimum absolute atomic E-state index is 0.0281. The van der Waals surface area contributed by atoms with Gasteiger partial charge in [-0.15, -0.1) is 0 Å². The third-order valence-corrected chi connectivity index (χ3v) is 4.94. The van der Waals surface area contributed by atoms with Crippen molar-refractivity contribution in [1.82, 2.24) is 5.32 Å². The SMILES string of the molecule is CC(Cc1ccccc1)NC(=O)c1cc(COc2ccccc2)ccc1CCC(=O)O. The molecule has 31 heavy (non-hydrogen) atoms. The van der Waals surface area contributed by atoms with E-state index in [0.717, 1.165) is 22.4 Å². The molecule has 1 atom stereocenters. The Hall–Kier alpha value is -3.60. The van der Waals surface area contributed by atoms with Crippen molar-refractivity contribution >= 4 is 11.9 Å². The van der Waals surface area contributed by atoms with Gasteiger partial charge < -0.3 is 15.2 Å². The highest BCUT2D eigenvalue weighted by atomic mass is 16.5. The average Bonchev–Trinajstić information content (AvgIpc) is 2.77. The van der Waals surface area contributed by atoms with Gasteiger partial charge in [-0.2, -0.15) is 0 Å². The number of ether oxygens (including phenoxy) is 1. The van der Waals surface area contributed by atoms with Crippen LogP contribution in [0.25, 0.3) is 0 Å². The Bertz CT molecular complexity index is 1000. The summed E-state index contributed by atoms with van der Waals surface area (Å²) in [5.41, 5.74) is 3.21. The molecule has 0 aliphatic carbocycles. The van der Waals surface area contributed by atoms with Crippen LogP contribution in [0, 0.1) is 0 Å². The van der Waals surface area contributed by atoms with Gasteiger partial charge in [0.25, 0.3) is 5.91 Å². The number of carbonyl (C=O) groups is 2. The van der Waals surface area contributed by atoms with Gasteiger partial charge in [0.15, 0.2) is 0 Å². The number of benzene rings is 3. The second-order valence-corrected chi connectivity index (χ2v) is 7.55. The molecule has 3 aromatic rings. The minimum atomic E-state index is -0.889. The minimum Gasteiger partial charge on any atom is -0.489 e. The van der Waals surface area contributed by atoms with Gasteiger partial charge in [-0.1, -0.05) is 60.7 Å². The highest BCUT2D eigenvalue weighted by Crippen LogP contribution is 2.18. The molecule has 0 aromatic heterocycles. The zero-order valence-electron chi connectivity index (χ0n) is 17.6. The fraction of sp³-hybridized carbons (Fsp3) is 0.231. The van der Waals surface area contributed by atoms with Gasteiger partial charge in [-0.25, -0.2) is 0 Å². The number of hydrogen-bond acceptors (Lipinski definition) is 3. The Kier molecular flexibility index (Phi) is 7.82. The highest BCUT2D eigenvalue weighted by Gasteiger charge is 2.16. The Morgan fingerprint density at radius 3 is 2.29 bits per heavy atom. The third-order valence-electron chi connectivity index (χ3n) is 4.94. The summed E-state index contributed by atoms with van der Waals surface area (Å²) in [5, 5.41) is 12.1. The number of hydrogen-bond donors (Lipinski definition) is 2. The lowest BCUT2D eigenvalue weighted by Crippen LogP contribution is -2.34. The molecule has 0 spiro atoms. The van der Waals surface area contributed by atoms with Crippen LogP contribution in [0.5, 0.6) is 5.75 Å². The topological polar surface area (TPSA) is 75.6 Å². The Balaban J connectivity index is 1.73. The third kappa shape index (κ3) is 7.00. The van der Waals surface area contributed by atoms with Crippen molar-refractivity contribution in [1.29, 1.82) is 0 Å². The number of para-hydroxylation sites is 1. The summed E-state index contributed by atoms with van der Waals surface area (Å²) in [6.45, 7) is 2.28. The van der Waals surface area contributed by atoms with Crippen molar-refractivity contribution < 1.29 is 19.4 Å². The lowest BCUT2D eigenvalue weighted by molar-refractivity contribution is -0.136. The number of aliphatic carboxylic acids is 1. The number of carbonyl (C=O) groups excluding carboxylic acids is 1. The first kappa shape index (κ1) is 22.1. The molecule has 0 saturated carbocycles. The number of carboxylic acids is 1. The van der Waals surface area contributed by atoms with Crippen LogP contribution < -0.4 is 10.1 Å². The average molecular weight is 418 g/mol. The molecular formula is C26H27NO4. The van der Waals surface area contributed by atoms with Crippen molar-refractivity contribution in [2.45, 2.75) is 38.8 Å². The number of nitrogens with one attached hydrogen (secondary N) is 1. The molecule has 3 rings (SSSR count). The number of amides is 1. The molecule has 0 aliphatic rings. The Morgan fingerprint density at radius 1 is 0.935 bits per heavy atom. The van der Waals surface area contributed by atoms with Crippen molar-refractivity contribution in [3.8, 4) is 5.75 Å². The first-order valence-electron chi connectivity index (χ1n) is 10.4. The van der Waals surface area contributed by atoms with Gasteiger partial charge in [0.05, 0.1) is 0 Å². The van der Waals surface area contributed by atoms with Crippen LogP contribution in [0.2, 0.25) is 0 Å². The maximum absolute atomic E-state index is 13.0. The monoisotopic (exact) mass is 417 g/mol. The number of carboxylic acid groups (broad SMARTS) is 1. The second-order valence-electron chi connectivity index (χ2n) is 7.55. The van der Waals surface area contributed by atoms with Crippen LogP contribution >= 0.6 is 0 Å². The normalized spacial score (nSPS) is 11.5. The van der Waals surface area contributed by atoms with Crippen molar-refractivity contribution in [2.75, 3.05) is 0 Å². The summed E-state index contributed by atoms with van der Waals surface area (Å²) in [6.07, 6.45) is 0.985. The Morgan fingerprint density at radius 2 is 1.61 bits per heavy atom. The molecule has 5 heteroatoms. The molecule has 5 nitrogen and oxygen atoms in total. The maximum Gasteiger partial charge on any atom is 0.303 e. The van der Waals surface area contributed by atoms with E-state index >= 15 is 0 Å². The zero-order valence-corrected chi connectivity index (χ0v) is 17.6. The van der Waals surface area contributed by atoms with E-state index in [0.29, 0.717) is 25.0 Å². The summed E-state index contributed by atoms with van der Waals surface area (Å²) in [4.78, 5) is 24.1.